The Hall–Kier alpha value is -2.60. The maximum Gasteiger partial charge on any atom is 0.257 e. The first-order valence-electron chi connectivity index (χ1n) is 8.20. The van der Waals surface area contributed by atoms with E-state index < -0.39 is 0 Å². The first-order valence-corrected chi connectivity index (χ1v) is 8.61. The number of hydrazine groups is 1. The van der Waals surface area contributed by atoms with E-state index in [0.717, 1.165) is 11.4 Å². The predicted molar refractivity (Wildman–Crippen MR) is 108 cm³/mol. The molecule has 0 atom stereocenters. The largest absolute Gasteiger partial charge is 0.376 e. The molecule has 132 valence electrons. The molecule has 1 amide bonds. The van der Waals surface area contributed by atoms with Gasteiger partial charge in [-0.15, -0.1) is 0 Å². The van der Waals surface area contributed by atoms with Crippen molar-refractivity contribution in [3.63, 3.8) is 0 Å². The molecule has 4 N–H and O–H groups in total. The molecular formula is C19H24N4OS. The van der Waals surface area contributed by atoms with Crippen molar-refractivity contribution in [2.24, 2.45) is 0 Å². The van der Waals surface area contributed by atoms with Crippen LogP contribution in [-0.2, 0) is 4.79 Å². The molecule has 0 aliphatic heterocycles. The normalized spacial score (nSPS) is 10.2. The Bertz CT molecular complexity index is 711. The third kappa shape index (κ3) is 6.43. The summed E-state index contributed by atoms with van der Waals surface area (Å²) in [5.74, 6) is 0.277. The standard InChI is InChI=1S/C19H24N4OS/c1-13(2)15-6-10-17(11-7-15)21-19(25)23-22-18(24)12-20-16-8-4-14(3)5-9-16/h4-11,13,20H,12H2,1-3H3,(H,22,24)(H2,21,23,25). The van der Waals surface area contributed by atoms with Gasteiger partial charge in [0.2, 0.25) is 0 Å². The van der Waals surface area contributed by atoms with Crippen LogP contribution >= 0.6 is 12.2 Å². The van der Waals surface area contributed by atoms with Crippen molar-refractivity contribution in [2.75, 3.05) is 17.2 Å². The second-order valence-electron chi connectivity index (χ2n) is 6.12. The molecule has 0 aliphatic carbocycles. The summed E-state index contributed by atoms with van der Waals surface area (Å²) >= 11 is 5.17. The van der Waals surface area contributed by atoms with Crippen molar-refractivity contribution in [3.05, 3.63) is 59.7 Å². The Morgan fingerprint density at radius 2 is 1.56 bits per heavy atom. The Balaban J connectivity index is 1.71. The number of hydrogen-bond donors (Lipinski definition) is 4. The van der Waals surface area contributed by atoms with Crippen molar-refractivity contribution in [3.8, 4) is 0 Å². The number of aryl methyl sites for hydroxylation is 1. The van der Waals surface area contributed by atoms with E-state index in [4.69, 9.17) is 12.2 Å². The van der Waals surface area contributed by atoms with Crippen LogP contribution in [0.25, 0.3) is 0 Å². The molecule has 0 radical (unpaired) electrons. The van der Waals surface area contributed by atoms with E-state index in [1.165, 1.54) is 11.1 Å². The summed E-state index contributed by atoms with van der Waals surface area (Å²) in [6.45, 7) is 6.47. The Kier molecular flexibility index (Phi) is 6.77. The summed E-state index contributed by atoms with van der Waals surface area (Å²) in [6.07, 6.45) is 0. The fourth-order valence-corrected chi connectivity index (χ4v) is 2.31. The summed E-state index contributed by atoms with van der Waals surface area (Å²) in [6, 6.07) is 15.9. The molecule has 0 bridgehead atoms. The minimum absolute atomic E-state index is 0.155. The zero-order chi connectivity index (χ0) is 18.2. The highest BCUT2D eigenvalue weighted by atomic mass is 32.1. The van der Waals surface area contributed by atoms with Crippen LogP contribution in [0.1, 0.15) is 30.9 Å². The Labute approximate surface area is 154 Å². The quantitative estimate of drug-likeness (QED) is 0.487. The lowest BCUT2D eigenvalue weighted by Gasteiger charge is -2.13. The van der Waals surface area contributed by atoms with Crippen molar-refractivity contribution in [1.82, 2.24) is 10.9 Å². The second kappa shape index (κ2) is 9.03. The van der Waals surface area contributed by atoms with Gasteiger partial charge in [0, 0.05) is 11.4 Å². The predicted octanol–water partition coefficient (Wildman–Crippen LogP) is 3.55. The maximum atomic E-state index is 11.8. The molecule has 6 heteroatoms. The van der Waals surface area contributed by atoms with E-state index in [2.05, 4.69) is 47.5 Å². The fraction of sp³-hybridized carbons (Fsp3) is 0.263. The number of rotatable bonds is 5. The Morgan fingerprint density at radius 1 is 0.960 bits per heavy atom. The van der Waals surface area contributed by atoms with Crippen molar-refractivity contribution < 1.29 is 4.79 Å². The van der Waals surface area contributed by atoms with E-state index in [9.17, 15) is 4.79 Å². The number of benzene rings is 2. The van der Waals surface area contributed by atoms with Crippen LogP contribution in [0.5, 0.6) is 0 Å². The molecule has 5 nitrogen and oxygen atoms in total. The van der Waals surface area contributed by atoms with Gasteiger partial charge in [-0.25, -0.2) is 0 Å². The fourth-order valence-electron chi connectivity index (χ4n) is 2.14. The van der Waals surface area contributed by atoms with Gasteiger partial charge in [-0.2, -0.15) is 0 Å². The molecule has 0 spiro atoms. The third-order valence-electron chi connectivity index (χ3n) is 3.66. The summed E-state index contributed by atoms with van der Waals surface area (Å²) in [5, 5.41) is 6.41. The number of carbonyl (C=O) groups excluding carboxylic acids is 1. The number of amides is 1. The topological polar surface area (TPSA) is 65.2 Å². The van der Waals surface area contributed by atoms with E-state index in [1.54, 1.807) is 0 Å². The van der Waals surface area contributed by atoms with E-state index in [1.807, 2.05) is 43.3 Å². The lowest BCUT2D eigenvalue weighted by atomic mass is 10.0. The van der Waals surface area contributed by atoms with Gasteiger partial charge in [-0.3, -0.25) is 15.6 Å². The summed E-state index contributed by atoms with van der Waals surface area (Å²) in [5.41, 5.74) is 9.46. The van der Waals surface area contributed by atoms with Crippen LogP contribution < -0.4 is 21.5 Å². The Morgan fingerprint density at radius 3 is 2.16 bits per heavy atom. The van der Waals surface area contributed by atoms with Crippen molar-refractivity contribution in [2.45, 2.75) is 26.7 Å². The lowest BCUT2D eigenvalue weighted by Crippen LogP contribution is -2.45. The number of thiocarbonyl (C=S) groups is 1. The third-order valence-corrected chi connectivity index (χ3v) is 3.86. The van der Waals surface area contributed by atoms with Crippen LogP contribution in [0, 0.1) is 6.92 Å². The average Bonchev–Trinajstić information content (AvgIpc) is 2.60. The monoisotopic (exact) mass is 356 g/mol. The van der Waals surface area contributed by atoms with Gasteiger partial charge in [0.1, 0.15) is 0 Å². The minimum atomic E-state index is -0.208. The highest BCUT2D eigenvalue weighted by Crippen LogP contribution is 2.16. The lowest BCUT2D eigenvalue weighted by molar-refractivity contribution is -0.119. The first kappa shape index (κ1) is 18.7. The number of carbonyl (C=O) groups is 1. The number of hydrogen-bond acceptors (Lipinski definition) is 3. The maximum absolute atomic E-state index is 11.8. The number of anilines is 2. The van der Waals surface area contributed by atoms with Crippen LogP contribution in [0.4, 0.5) is 11.4 Å². The van der Waals surface area contributed by atoms with Gasteiger partial charge in [0.25, 0.3) is 5.91 Å². The van der Waals surface area contributed by atoms with Gasteiger partial charge in [0.05, 0.1) is 6.54 Å². The molecule has 25 heavy (non-hydrogen) atoms. The summed E-state index contributed by atoms with van der Waals surface area (Å²) < 4.78 is 0. The zero-order valence-electron chi connectivity index (χ0n) is 14.7. The summed E-state index contributed by atoms with van der Waals surface area (Å²) in [7, 11) is 0. The van der Waals surface area contributed by atoms with Crippen LogP contribution in [-0.4, -0.2) is 17.6 Å². The van der Waals surface area contributed by atoms with Crippen LogP contribution in [0.15, 0.2) is 48.5 Å². The highest BCUT2D eigenvalue weighted by Gasteiger charge is 2.03. The molecule has 0 fully saturated rings. The van der Waals surface area contributed by atoms with Crippen molar-refractivity contribution >= 4 is 34.6 Å². The van der Waals surface area contributed by atoms with E-state index >= 15 is 0 Å². The number of nitrogens with one attached hydrogen (secondary N) is 4. The van der Waals surface area contributed by atoms with Crippen molar-refractivity contribution in [1.29, 1.82) is 0 Å². The molecule has 2 aromatic carbocycles. The molecule has 0 aromatic heterocycles. The second-order valence-corrected chi connectivity index (χ2v) is 6.53. The molecule has 0 aliphatic rings. The van der Waals surface area contributed by atoms with Crippen LogP contribution in [0.2, 0.25) is 0 Å². The van der Waals surface area contributed by atoms with Gasteiger partial charge in [-0.05, 0) is 54.9 Å². The van der Waals surface area contributed by atoms with Gasteiger partial charge >= 0.3 is 0 Å². The van der Waals surface area contributed by atoms with Crippen LogP contribution in [0.3, 0.4) is 0 Å². The van der Waals surface area contributed by atoms with Gasteiger partial charge in [-0.1, -0.05) is 43.7 Å². The minimum Gasteiger partial charge on any atom is -0.376 e. The van der Waals surface area contributed by atoms with E-state index in [0.29, 0.717) is 11.0 Å². The molecular weight excluding hydrogens is 332 g/mol. The zero-order valence-corrected chi connectivity index (χ0v) is 15.5. The SMILES string of the molecule is Cc1ccc(NCC(=O)NNC(=S)Nc2ccc(C(C)C)cc2)cc1. The molecule has 2 aromatic rings. The van der Waals surface area contributed by atoms with E-state index in [-0.39, 0.29) is 12.5 Å². The van der Waals surface area contributed by atoms with Gasteiger partial charge in [0.15, 0.2) is 5.11 Å². The first-order chi connectivity index (χ1) is 11.9. The molecule has 0 unspecified atom stereocenters. The smallest absolute Gasteiger partial charge is 0.257 e. The highest BCUT2D eigenvalue weighted by molar-refractivity contribution is 7.80. The average molecular weight is 356 g/mol. The summed E-state index contributed by atoms with van der Waals surface area (Å²) in [4.78, 5) is 11.8. The molecule has 0 saturated heterocycles. The molecule has 2 rings (SSSR count). The van der Waals surface area contributed by atoms with Gasteiger partial charge < -0.3 is 10.6 Å². The molecule has 0 saturated carbocycles. The molecule has 0 heterocycles.